The zero-order valence-corrected chi connectivity index (χ0v) is 12.0. The number of hydrogen-bond donors (Lipinski definition) is 0. The minimum atomic E-state index is 0.586. The van der Waals surface area contributed by atoms with Crippen LogP contribution >= 0.6 is 0 Å². The van der Waals surface area contributed by atoms with Gasteiger partial charge in [0.15, 0.2) is 0 Å². The fourth-order valence-corrected chi connectivity index (χ4v) is 1.25. The average molecular weight is 230 g/mol. The van der Waals surface area contributed by atoms with Crippen LogP contribution in [0.1, 0.15) is 38.8 Å². The minimum absolute atomic E-state index is 0.586. The summed E-state index contributed by atoms with van der Waals surface area (Å²) >= 11 is 0. The fraction of sp³-hybridized carbons (Fsp3) is 0.412. The highest BCUT2D eigenvalue weighted by Gasteiger charge is 2.03. The van der Waals surface area contributed by atoms with Crippen molar-refractivity contribution in [3.8, 4) is 0 Å². The molecule has 1 unspecified atom stereocenters. The molecule has 94 valence electrons. The third-order valence-electron chi connectivity index (χ3n) is 2.50. The van der Waals surface area contributed by atoms with Gasteiger partial charge in [-0.25, -0.2) is 0 Å². The van der Waals surface area contributed by atoms with Gasteiger partial charge < -0.3 is 0 Å². The lowest BCUT2D eigenvalue weighted by Gasteiger charge is -2.10. The molecule has 17 heavy (non-hydrogen) atoms. The van der Waals surface area contributed by atoms with E-state index in [0.29, 0.717) is 5.92 Å². The molecule has 1 aromatic carbocycles. The minimum Gasteiger partial charge on any atom is -0.100 e. The van der Waals surface area contributed by atoms with Crippen LogP contribution in [0, 0.1) is 12.8 Å². The van der Waals surface area contributed by atoms with Crippen molar-refractivity contribution >= 4 is 0 Å². The maximum atomic E-state index is 3.97. The Bertz CT molecular complexity index is 350. The van der Waals surface area contributed by atoms with Crippen LogP contribution in [0.15, 0.2) is 48.6 Å². The van der Waals surface area contributed by atoms with Crippen molar-refractivity contribution in [2.45, 2.75) is 41.0 Å². The monoisotopic (exact) mass is 230 g/mol. The van der Waals surface area contributed by atoms with E-state index in [9.17, 15) is 0 Å². The summed E-state index contributed by atoms with van der Waals surface area (Å²) in [5, 5.41) is 0. The molecule has 0 aliphatic carbocycles. The zero-order chi connectivity index (χ0) is 13.4. The van der Waals surface area contributed by atoms with Crippen LogP contribution in [0.4, 0.5) is 0 Å². The summed E-state index contributed by atoms with van der Waals surface area (Å²) in [5.41, 5.74) is 5.16. The average Bonchev–Trinajstić information content (AvgIpc) is 2.20. The number of rotatable bonds is 3. The van der Waals surface area contributed by atoms with Gasteiger partial charge in [-0.1, -0.05) is 54.5 Å². The van der Waals surface area contributed by atoms with Gasteiger partial charge in [0.05, 0.1) is 0 Å². The van der Waals surface area contributed by atoms with Crippen LogP contribution in [0.3, 0.4) is 0 Å². The van der Waals surface area contributed by atoms with Crippen molar-refractivity contribution in [3.05, 3.63) is 59.7 Å². The summed E-state index contributed by atoms with van der Waals surface area (Å²) in [6, 6.07) is 8.74. The highest BCUT2D eigenvalue weighted by atomic mass is 14.1. The maximum absolute atomic E-state index is 3.97. The number of hydrogen-bond acceptors (Lipinski definition) is 0. The molecule has 0 aliphatic heterocycles. The molecule has 0 radical (unpaired) electrons. The largest absolute Gasteiger partial charge is 0.100 e. The first-order valence-corrected chi connectivity index (χ1v) is 6.16. The predicted octanol–water partition coefficient (Wildman–Crippen LogP) is 5.33. The second-order valence-electron chi connectivity index (χ2n) is 5.14. The fourth-order valence-electron chi connectivity index (χ4n) is 1.25. The van der Waals surface area contributed by atoms with E-state index in [0.717, 1.165) is 6.42 Å². The molecule has 0 N–H and O–H groups in total. The third-order valence-corrected chi connectivity index (χ3v) is 2.50. The van der Waals surface area contributed by atoms with Crippen LogP contribution in [0.2, 0.25) is 0 Å². The number of allylic oxidation sites excluding steroid dienone is 2. The molecule has 1 aromatic rings. The normalized spacial score (nSPS) is 11.1. The van der Waals surface area contributed by atoms with E-state index in [1.165, 1.54) is 22.3 Å². The smallest absolute Gasteiger partial charge is 0.0197 e. The van der Waals surface area contributed by atoms with Gasteiger partial charge in [0.25, 0.3) is 0 Å². The topological polar surface area (TPSA) is 0 Å². The van der Waals surface area contributed by atoms with Gasteiger partial charge in [-0.05, 0) is 45.6 Å². The van der Waals surface area contributed by atoms with Gasteiger partial charge in [-0.15, -0.1) is 6.58 Å². The van der Waals surface area contributed by atoms with E-state index in [2.05, 4.69) is 58.2 Å². The molecule has 1 rings (SSSR count). The lowest BCUT2D eigenvalue weighted by molar-refractivity contribution is 0.680. The first-order chi connectivity index (χ1) is 7.82. The third kappa shape index (κ3) is 8.50. The van der Waals surface area contributed by atoms with Crippen molar-refractivity contribution in [1.82, 2.24) is 0 Å². The Hall–Kier alpha value is -1.30. The molecule has 0 heterocycles. The SMILES string of the molecule is C=C(C)C.C=C(C)C(C)Cc1ccc(C)cc1. The molecule has 0 fully saturated rings. The van der Waals surface area contributed by atoms with Crippen molar-refractivity contribution in [1.29, 1.82) is 0 Å². The van der Waals surface area contributed by atoms with Crippen LogP contribution in [-0.4, -0.2) is 0 Å². The zero-order valence-electron chi connectivity index (χ0n) is 12.0. The van der Waals surface area contributed by atoms with Crippen molar-refractivity contribution in [3.63, 3.8) is 0 Å². The van der Waals surface area contributed by atoms with Crippen molar-refractivity contribution in [2.24, 2.45) is 5.92 Å². The summed E-state index contributed by atoms with van der Waals surface area (Å²) < 4.78 is 0. The van der Waals surface area contributed by atoms with E-state index in [-0.39, 0.29) is 0 Å². The van der Waals surface area contributed by atoms with Crippen LogP contribution < -0.4 is 0 Å². The lowest BCUT2D eigenvalue weighted by Crippen LogP contribution is -1.99. The Morgan fingerprint density at radius 2 is 1.47 bits per heavy atom. The Balaban J connectivity index is 0.000000557. The molecule has 0 amide bonds. The van der Waals surface area contributed by atoms with Crippen molar-refractivity contribution in [2.75, 3.05) is 0 Å². The Kier molecular flexibility index (Phi) is 7.29. The van der Waals surface area contributed by atoms with E-state index >= 15 is 0 Å². The Morgan fingerprint density at radius 3 is 1.82 bits per heavy atom. The Labute approximate surface area is 107 Å². The van der Waals surface area contributed by atoms with Crippen molar-refractivity contribution < 1.29 is 0 Å². The van der Waals surface area contributed by atoms with Gasteiger partial charge in [0.2, 0.25) is 0 Å². The first kappa shape index (κ1) is 15.7. The van der Waals surface area contributed by atoms with Crippen LogP contribution in [0.25, 0.3) is 0 Å². The molecule has 0 nitrogen and oxygen atoms in total. The number of aryl methyl sites for hydroxylation is 1. The molecule has 0 saturated heterocycles. The first-order valence-electron chi connectivity index (χ1n) is 6.16. The van der Waals surface area contributed by atoms with E-state index in [1.54, 1.807) is 0 Å². The predicted molar refractivity (Wildman–Crippen MR) is 79.3 cm³/mol. The van der Waals surface area contributed by atoms with E-state index < -0.39 is 0 Å². The standard InChI is InChI=1S/C13H18.C4H8/c1-10(2)12(4)9-13-7-5-11(3)6-8-13;1-4(2)3/h5-8,12H,1,9H2,2-4H3;1H2,2-3H3. The Morgan fingerprint density at radius 1 is 1.06 bits per heavy atom. The molecule has 0 aliphatic rings. The van der Waals surface area contributed by atoms with E-state index in [1.807, 2.05) is 13.8 Å². The van der Waals surface area contributed by atoms with Gasteiger partial charge in [-0.2, -0.15) is 0 Å². The van der Waals surface area contributed by atoms with Gasteiger partial charge in [-0.3, -0.25) is 0 Å². The quantitative estimate of drug-likeness (QED) is 0.615. The lowest BCUT2D eigenvalue weighted by atomic mass is 9.95. The molecule has 0 aromatic heterocycles. The molecular weight excluding hydrogens is 204 g/mol. The highest BCUT2D eigenvalue weighted by molar-refractivity contribution is 5.22. The molecule has 1 atom stereocenters. The van der Waals surface area contributed by atoms with Crippen LogP contribution in [-0.2, 0) is 6.42 Å². The number of benzene rings is 1. The molecule has 0 bridgehead atoms. The molecular formula is C17H26. The second-order valence-corrected chi connectivity index (χ2v) is 5.14. The van der Waals surface area contributed by atoms with E-state index in [4.69, 9.17) is 0 Å². The summed E-state index contributed by atoms with van der Waals surface area (Å²) in [5.74, 6) is 0.586. The van der Waals surface area contributed by atoms with Crippen LogP contribution in [0.5, 0.6) is 0 Å². The van der Waals surface area contributed by atoms with Gasteiger partial charge in [0.1, 0.15) is 0 Å². The molecule has 0 heteroatoms. The summed E-state index contributed by atoms with van der Waals surface area (Å²) in [7, 11) is 0. The van der Waals surface area contributed by atoms with Gasteiger partial charge in [0, 0.05) is 0 Å². The summed E-state index contributed by atoms with van der Waals surface area (Å²) in [6.07, 6.45) is 1.11. The summed E-state index contributed by atoms with van der Waals surface area (Å²) in [6.45, 7) is 17.9. The van der Waals surface area contributed by atoms with Gasteiger partial charge >= 0.3 is 0 Å². The molecule has 0 saturated carbocycles. The second kappa shape index (κ2) is 7.89. The maximum Gasteiger partial charge on any atom is -0.0197 e. The highest BCUT2D eigenvalue weighted by Crippen LogP contribution is 2.14. The summed E-state index contributed by atoms with van der Waals surface area (Å²) in [4.78, 5) is 0. The molecule has 0 spiro atoms.